The summed E-state index contributed by atoms with van der Waals surface area (Å²) in [6, 6.07) is 88.4. The summed E-state index contributed by atoms with van der Waals surface area (Å²) in [5.74, 6) is 0. The van der Waals surface area contributed by atoms with E-state index in [0.29, 0.717) is 0 Å². The molecule has 0 aliphatic rings. The fourth-order valence-corrected chi connectivity index (χ4v) is 10.7. The summed E-state index contributed by atoms with van der Waals surface area (Å²) < 4.78 is 5.03. The van der Waals surface area contributed by atoms with E-state index in [1.165, 1.54) is 80.9 Å². The van der Waals surface area contributed by atoms with Crippen LogP contribution in [-0.2, 0) is 0 Å². The number of hydrogen-bond acceptors (Lipinski definition) is 2. The fraction of sp³-hybridized carbons (Fsp3) is 0. The lowest BCUT2D eigenvalue weighted by Crippen LogP contribution is -2.12. The Morgan fingerprint density at radius 3 is 1.57 bits per heavy atom. The van der Waals surface area contributed by atoms with Crippen LogP contribution >= 0.6 is 11.3 Å². The standard InChI is InChI=1S/C60H40N2S/c1-2-17-42(18-3-1)47-21-4-5-22-48(47)49-23-6-7-24-50(49)51-25-8-12-29-56(51)61(44-36-33-41(34-37-44)43-35-38-55-54-28-11-15-32-59(54)63-60(55)39-43)45-19-16-20-46(40-45)62-57-30-13-9-26-52(57)53-27-10-14-31-58(53)62/h1-40H. The predicted octanol–water partition coefficient (Wildman–Crippen LogP) is 17.3. The summed E-state index contributed by atoms with van der Waals surface area (Å²) in [5.41, 5.74) is 16.3. The molecule has 0 aliphatic heterocycles. The topological polar surface area (TPSA) is 8.17 Å². The van der Waals surface area contributed by atoms with Crippen LogP contribution in [0.15, 0.2) is 243 Å². The molecule has 296 valence electrons. The van der Waals surface area contributed by atoms with Crippen molar-refractivity contribution in [3.63, 3.8) is 0 Å². The molecule has 0 saturated heterocycles. The third-order valence-electron chi connectivity index (χ3n) is 12.4. The second-order valence-corrected chi connectivity index (χ2v) is 17.1. The van der Waals surface area contributed by atoms with E-state index in [1.54, 1.807) is 0 Å². The molecule has 10 aromatic carbocycles. The van der Waals surface area contributed by atoms with Gasteiger partial charge in [-0.25, -0.2) is 0 Å². The van der Waals surface area contributed by atoms with Gasteiger partial charge in [-0.2, -0.15) is 0 Å². The number of fused-ring (bicyclic) bond motifs is 6. The number of nitrogens with zero attached hydrogens (tertiary/aromatic N) is 2. The van der Waals surface area contributed by atoms with Gasteiger partial charge in [0.25, 0.3) is 0 Å². The Balaban J connectivity index is 1.04. The van der Waals surface area contributed by atoms with Gasteiger partial charge < -0.3 is 9.47 Å². The first-order chi connectivity index (χ1) is 31.3. The SMILES string of the molecule is c1ccc(-c2ccccc2-c2ccccc2-c2ccccc2N(c2ccc(-c3ccc4c(c3)sc3ccccc34)cc2)c2cccc(-n3c4ccccc4c4ccccc43)c2)cc1. The van der Waals surface area contributed by atoms with E-state index >= 15 is 0 Å². The van der Waals surface area contributed by atoms with Crippen LogP contribution in [0.3, 0.4) is 0 Å². The number of anilines is 3. The molecule has 12 aromatic rings. The van der Waals surface area contributed by atoms with Crippen LogP contribution in [0, 0.1) is 0 Å². The average Bonchev–Trinajstić information content (AvgIpc) is 3.90. The predicted molar refractivity (Wildman–Crippen MR) is 270 cm³/mol. The number of hydrogen-bond donors (Lipinski definition) is 0. The van der Waals surface area contributed by atoms with E-state index in [-0.39, 0.29) is 0 Å². The van der Waals surface area contributed by atoms with Crippen molar-refractivity contribution in [3.8, 4) is 50.2 Å². The second-order valence-electron chi connectivity index (χ2n) is 16.1. The first-order valence-corrected chi connectivity index (χ1v) is 22.3. The van der Waals surface area contributed by atoms with E-state index < -0.39 is 0 Å². The molecule has 63 heavy (non-hydrogen) atoms. The second kappa shape index (κ2) is 15.5. The molecule has 12 rings (SSSR count). The maximum Gasteiger partial charge on any atom is 0.0541 e. The van der Waals surface area contributed by atoms with Gasteiger partial charge in [0.2, 0.25) is 0 Å². The third-order valence-corrected chi connectivity index (χ3v) is 13.6. The Morgan fingerprint density at radius 1 is 0.302 bits per heavy atom. The molecule has 2 aromatic heterocycles. The lowest BCUT2D eigenvalue weighted by atomic mass is 9.88. The van der Waals surface area contributed by atoms with E-state index in [2.05, 4.69) is 252 Å². The van der Waals surface area contributed by atoms with Gasteiger partial charge in [-0.05, 0) is 99.6 Å². The normalized spacial score (nSPS) is 11.5. The number of rotatable bonds is 8. The highest BCUT2D eigenvalue weighted by atomic mass is 32.1. The molecule has 0 radical (unpaired) electrons. The maximum absolute atomic E-state index is 2.44. The number of thiophene rings is 1. The summed E-state index contributed by atoms with van der Waals surface area (Å²) >= 11 is 1.86. The van der Waals surface area contributed by atoms with Gasteiger partial charge in [-0.3, -0.25) is 0 Å². The van der Waals surface area contributed by atoms with Crippen LogP contribution in [0.2, 0.25) is 0 Å². The van der Waals surface area contributed by atoms with Crippen molar-refractivity contribution in [2.75, 3.05) is 4.90 Å². The monoisotopic (exact) mass is 820 g/mol. The van der Waals surface area contributed by atoms with E-state index in [1.807, 2.05) is 11.3 Å². The zero-order valence-electron chi connectivity index (χ0n) is 34.4. The van der Waals surface area contributed by atoms with Gasteiger partial charge in [0.05, 0.1) is 16.7 Å². The van der Waals surface area contributed by atoms with E-state index in [4.69, 9.17) is 0 Å². The van der Waals surface area contributed by atoms with Crippen molar-refractivity contribution < 1.29 is 0 Å². The average molecular weight is 821 g/mol. The van der Waals surface area contributed by atoms with E-state index in [0.717, 1.165) is 28.3 Å². The van der Waals surface area contributed by atoms with Gasteiger partial charge in [0, 0.05) is 53.6 Å². The Bertz CT molecular complexity index is 3580. The molecule has 0 spiro atoms. The molecule has 0 atom stereocenters. The molecular formula is C60H40N2S. The molecule has 0 bridgehead atoms. The number of benzene rings is 10. The molecule has 0 fully saturated rings. The Hall–Kier alpha value is -7.98. The van der Waals surface area contributed by atoms with Crippen LogP contribution in [-0.4, -0.2) is 4.57 Å². The van der Waals surface area contributed by atoms with Crippen molar-refractivity contribution in [3.05, 3.63) is 243 Å². The summed E-state index contributed by atoms with van der Waals surface area (Å²) in [4.78, 5) is 2.44. The Morgan fingerprint density at radius 2 is 0.841 bits per heavy atom. The van der Waals surface area contributed by atoms with Crippen molar-refractivity contribution in [1.29, 1.82) is 0 Å². The van der Waals surface area contributed by atoms with Crippen LogP contribution in [0.5, 0.6) is 0 Å². The van der Waals surface area contributed by atoms with E-state index in [9.17, 15) is 0 Å². The minimum atomic E-state index is 1.07. The summed E-state index contributed by atoms with van der Waals surface area (Å²) in [6.45, 7) is 0. The lowest BCUT2D eigenvalue weighted by molar-refractivity contribution is 1.17. The molecule has 3 heteroatoms. The van der Waals surface area contributed by atoms with Gasteiger partial charge in [-0.1, -0.05) is 182 Å². The highest BCUT2D eigenvalue weighted by Crippen LogP contribution is 2.46. The van der Waals surface area contributed by atoms with Crippen molar-refractivity contribution in [2.24, 2.45) is 0 Å². The molecule has 0 aliphatic carbocycles. The number of aromatic nitrogens is 1. The van der Waals surface area contributed by atoms with Crippen LogP contribution in [0.4, 0.5) is 17.1 Å². The zero-order chi connectivity index (χ0) is 41.7. The minimum absolute atomic E-state index is 1.07. The summed E-state index contributed by atoms with van der Waals surface area (Å²) in [5, 5.41) is 5.13. The molecule has 0 saturated carbocycles. The Kier molecular flexibility index (Phi) is 9.06. The summed E-state index contributed by atoms with van der Waals surface area (Å²) in [7, 11) is 0. The fourth-order valence-electron chi connectivity index (χ4n) is 9.54. The van der Waals surface area contributed by atoms with Crippen LogP contribution < -0.4 is 4.90 Å². The molecule has 0 unspecified atom stereocenters. The van der Waals surface area contributed by atoms with Gasteiger partial charge in [0.1, 0.15) is 0 Å². The summed E-state index contributed by atoms with van der Waals surface area (Å²) in [6.07, 6.45) is 0. The highest BCUT2D eigenvalue weighted by Gasteiger charge is 2.22. The minimum Gasteiger partial charge on any atom is -0.310 e. The van der Waals surface area contributed by atoms with Gasteiger partial charge >= 0.3 is 0 Å². The molecule has 2 heterocycles. The van der Waals surface area contributed by atoms with Crippen molar-refractivity contribution >= 4 is 70.4 Å². The lowest BCUT2D eigenvalue weighted by Gasteiger charge is -2.29. The molecule has 2 nitrogen and oxygen atoms in total. The quantitative estimate of drug-likeness (QED) is 0.148. The zero-order valence-corrected chi connectivity index (χ0v) is 35.2. The first-order valence-electron chi connectivity index (χ1n) is 21.5. The highest BCUT2D eigenvalue weighted by molar-refractivity contribution is 7.25. The van der Waals surface area contributed by atoms with Crippen LogP contribution in [0.1, 0.15) is 0 Å². The molecular weight excluding hydrogens is 781 g/mol. The molecule has 0 N–H and O–H groups in total. The van der Waals surface area contributed by atoms with Crippen molar-refractivity contribution in [1.82, 2.24) is 4.57 Å². The third kappa shape index (κ3) is 6.41. The number of para-hydroxylation sites is 3. The van der Waals surface area contributed by atoms with Crippen molar-refractivity contribution in [2.45, 2.75) is 0 Å². The Labute approximate surface area is 370 Å². The van der Waals surface area contributed by atoms with Gasteiger partial charge in [0.15, 0.2) is 0 Å². The smallest absolute Gasteiger partial charge is 0.0541 e. The first kappa shape index (κ1) is 36.8. The maximum atomic E-state index is 2.44. The van der Waals surface area contributed by atoms with Gasteiger partial charge in [-0.15, -0.1) is 11.3 Å². The molecule has 0 amide bonds. The largest absolute Gasteiger partial charge is 0.310 e. The van der Waals surface area contributed by atoms with Crippen LogP contribution in [0.25, 0.3) is 92.2 Å².